The Morgan fingerprint density at radius 3 is 2.15 bits per heavy atom. The summed E-state index contributed by atoms with van der Waals surface area (Å²) in [6, 6.07) is 18.6. The van der Waals surface area contributed by atoms with Gasteiger partial charge in [-0.1, -0.05) is 32.0 Å². The second-order valence-electron chi connectivity index (χ2n) is 10.7. The van der Waals surface area contributed by atoms with Crippen molar-refractivity contribution in [1.82, 2.24) is 4.90 Å². The summed E-state index contributed by atoms with van der Waals surface area (Å²) in [6.07, 6.45) is 2.41. The number of hydrogen-bond donors (Lipinski definition) is 2. The molecule has 0 bridgehead atoms. The van der Waals surface area contributed by atoms with Gasteiger partial charge in [0.25, 0.3) is 0 Å². The third kappa shape index (κ3) is 7.27. The number of likely N-dealkylation sites (N-methyl/N-ethyl adjacent to an activating group) is 1. The molecule has 7 nitrogen and oxygen atoms in total. The summed E-state index contributed by atoms with van der Waals surface area (Å²) >= 11 is 0. The van der Waals surface area contributed by atoms with Crippen LogP contribution in [0.3, 0.4) is 0 Å². The number of aryl methyl sites for hydroxylation is 1. The summed E-state index contributed by atoms with van der Waals surface area (Å²) in [7, 11) is 7.03. The van der Waals surface area contributed by atoms with Crippen molar-refractivity contribution in [1.29, 1.82) is 0 Å². The standard InChI is InChI=1S/C33H44N2O5/c1-23(2)33(26-10-16-30(39-6)31(22-26)40-7,32(37)34-27-11-13-28(36)14-12-27)18-8-19-35(4)20-17-25-9-15-29(38-5)24(3)21-25/h9-16,21-23,36H,8,17-20H2,1-7H3,(H,34,37). The first-order valence-electron chi connectivity index (χ1n) is 13.8. The van der Waals surface area contributed by atoms with Crippen molar-refractivity contribution in [2.75, 3.05) is 46.8 Å². The molecule has 40 heavy (non-hydrogen) atoms. The van der Waals surface area contributed by atoms with Crippen molar-refractivity contribution in [3.63, 3.8) is 0 Å². The molecule has 0 aromatic heterocycles. The Bertz CT molecular complexity index is 1260. The van der Waals surface area contributed by atoms with Gasteiger partial charge in [0, 0.05) is 12.2 Å². The molecule has 2 N–H and O–H groups in total. The summed E-state index contributed by atoms with van der Waals surface area (Å²) in [5.41, 5.74) is 3.12. The van der Waals surface area contributed by atoms with Gasteiger partial charge in [-0.3, -0.25) is 4.79 Å². The van der Waals surface area contributed by atoms with Crippen molar-refractivity contribution in [2.45, 2.75) is 45.4 Å². The minimum absolute atomic E-state index is 0.00436. The number of methoxy groups -OCH3 is 3. The molecule has 0 heterocycles. The summed E-state index contributed by atoms with van der Waals surface area (Å²) in [4.78, 5) is 16.4. The lowest BCUT2D eigenvalue weighted by atomic mass is 9.67. The van der Waals surface area contributed by atoms with Crippen molar-refractivity contribution in [3.8, 4) is 23.0 Å². The van der Waals surface area contributed by atoms with Crippen molar-refractivity contribution >= 4 is 11.6 Å². The molecule has 1 amide bonds. The van der Waals surface area contributed by atoms with Crippen LogP contribution in [0.4, 0.5) is 5.69 Å². The van der Waals surface area contributed by atoms with Crippen LogP contribution in [0.2, 0.25) is 0 Å². The minimum Gasteiger partial charge on any atom is -0.508 e. The maximum Gasteiger partial charge on any atom is 0.235 e. The predicted octanol–water partition coefficient (Wildman–Crippen LogP) is 6.21. The fourth-order valence-electron chi connectivity index (χ4n) is 5.33. The van der Waals surface area contributed by atoms with E-state index in [4.69, 9.17) is 14.2 Å². The Morgan fingerprint density at radius 2 is 1.55 bits per heavy atom. The molecule has 1 atom stereocenters. The zero-order valence-corrected chi connectivity index (χ0v) is 24.9. The first-order valence-corrected chi connectivity index (χ1v) is 13.8. The highest BCUT2D eigenvalue weighted by Gasteiger charge is 2.43. The van der Waals surface area contributed by atoms with E-state index in [2.05, 4.69) is 50.2 Å². The van der Waals surface area contributed by atoms with Crippen LogP contribution in [0.15, 0.2) is 60.7 Å². The quantitative estimate of drug-likeness (QED) is 0.233. The lowest BCUT2D eigenvalue weighted by molar-refractivity contribution is -0.123. The number of phenolic OH excluding ortho intramolecular Hbond substituents is 1. The molecule has 0 spiro atoms. The van der Waals surface area contributed by atoms with Gasteiger partial charge in [-0.15, -0.1) is 0 Å². The average Bonchev–Trinajstić information content (AvgIpc) is 2.95. The first-order chi connectivity index (χ1) is 19.1. The van der Waals surface area contributed by atoms with Crippen molar-refractivity contribution < 1.29 is 24.1 Å². The smallest absolute Gasteiger partial charge is 0.235 e. The highest BCUT2D eigenvalue weighted by Crippen LogP contribution is 2.42. The lowest BCUT2D eigenvalue weighted by Crippen LogP contribution is -2.45. The summed E-state index contributed by atoms with van der Waals surface area (Å²) in [6.45, 7) is 8.00. The maximum absolute atomic E-state index is 14.1. The van der Waals surface area contributed by atoms with Crippen molar-refractivity contribution in [2.24, 2.45) is 5.92 Å². The number of ether oxygens (including phenoxy) is 3. The highest BCUT2D eigenvalue weighted by atomic mass is 16.5. The molecule has 3 aromatic rings. The Hall–Kier alpha value is -3.71. The van der Waals surface area contributed by atoms with Crippen LogP contribution < -0.4 is 19.5 Å². The van der Waals surface area contributed by atoms with E-state index in [9.17, 15) is 9.90 Å². The van der Waals surface area contributed by atoms with Gasteiger partial charge in [0.1, 0.15) is 11.5 Å². The molecule has 0 saturated heterocycles. The first kappa shape index (κ1) is 30.8. The number of nitrogens with one attached hydrogen (secondary N) is 1. The molecule has 3 rings (SSSR count). The number of nitrogens with zero attached hydrogens (tertiary/aromatic N) is 1. The molecular weight excluding hydrogens is 504 g/mol. The second-order valence-corrected chi connectivity index (χ2v) is 10.7. The SMILES string of the molecule is COc1ccc(CCN(C)CCCC(C(=O)Nc2ccc(O)cc2)(c2ccc(OC)c(OC)c2)C(C)C)cc1C. The fourth-order valence-corrected chi connectivity index (χ4v) is 5.33. The number of hydrogen-bond acceptors (Lipinski definition) is 6. The molecule has 0 aliphatic carbocycles. The van der Waals surface area contributed by atoms with E-state index < -0.39 is 5.41 Å². The predicted molar refractivity (Wildman–Crippen MR) is 161 cm³/mol. The van der Waals surface area contributed by atoms with Crippen LogP contribution >= 0.6 is 0 Å². The van der Waals surface area contributed by atoms with Crippen LogP contribution in [0, 0.1) is 12.8 Å². The highest BCUT2D eigenvalue weighted by molar-refractivity contribution is 5.99. The Kier molecular flexibility index (Phi) is 10.8. The molecule has 0 aliphatic heterocycles. The molecule has 0 fully saturated rings. The zero-order chi connectivity index (χ0) is 29.3. The molecule has 216 valence electrons. The summed E-state index contributed by atoms with van der Waals surface area (Å²) < 4.78 is 16.5. The average molecular weight is 549 g/mol. The molecule has 7 heteroatoms. The van der Waals surface area contributed by atoms with E-state index in [0.29, 0.717) is 23.6 Å². The van der Waals surface area contributed by atoms with Gasteiger partial charge in [-0.05, 0) is 105 Å². The van der Waals surface area contributed by atoms with E-state index in [0.717, 1.165) is 42.8 Å². The van der Waals surface area contributed by atoms with Gasteiger partial charge in [0.15, 0.2) is 11.5 Å². The van der Waals surface area contributed by atoms with Gasteiger partial charge in [0.2, 0.25) is 5.91 Å². The molecule has 0 aliphatic rings. The largest absolute Gasteiger partial charge is 0.508 e. The molecule has 3 aromatic carbocycles. The van der Waals surface area contributed by atoms with Gasteiger partial charge >= 0.3 is 0 Å². The Labute approximate surface area is 239 Å². The second kappa shape index (κ2) is 14.1. The van der Waals surface area contributed by atoms with Crippen LogP contribution in [0.1, 0.15) is 43.4 Å². The minimum atomic E-state index is -0.814. The Balaban J connectivity index is 1.81. The number of anilines is 1. The summed E-state index contributed by atoms with van der Waals surface area (Å²) in [5, 5.41) is 12.8. The Morgan fingerprint density at radius 1 is 0.900 bits per heavy atom. The number of phenols is 1. The maximum atomic E-state index is 14.1. The van der Waals surface area contributed by atoms with E-state index in [1.54, 1.807) is 45.6 Å². The third-order valence-corrected chi connectivity index (χ3v) is 7.77. The molecule has 1 unspecified atom stereocenters. The molecule has 0 saturated carbocycles. The normalized spacial score (nSPS) is 12.7. The lowest BCUT2D eigenvalue weighted by Gasteiger charge is -2.37. The van der Waals surface area contributed by atoms with Crippen LogP contribution in [-0.2, 0) is 16.6 Å². The van der Waals surface area contributed by atoms with E-state index >= 15 is 0 Å². The van der Waals surface area contributed by atoms with Gasteiger partial charge in [-0.2, -0.15) is 0 Å². The van der Waals surface area contributed by atoms with Crippen LogP contribution in [-0.4, -0.2) is 57.4 Å². The van der Waals surface area contributed by atoms with Crippen LogP contribution in [0.25, 0.3) is 0 Å². The topological polar surface area (TPSA) is 80.3 Å². The number of amides is 1. The number of benzene rings is 3. The fraction of sp³-hybridized carbons (Fsp3) is 0.424. The van der Waals surface area contributed by atoms with E-state index in [1.807, 2.05) is 24.3 Å². The number of aromatic hydroxyl groups is 1. The van der Waals surface area contributed by atoms with Gasteiger partial charge in [0.05, 0.1) is 26.7 Å². The van der Waals surface area contributed by atoms with Gasteiger partial charge in [-0.25, -0.2) is 0 Å². The van der Waals surface area contributed by atoms with Crippen molar-refractivity contribution in [3.05, 3.63) is 77.4 Å². The van der Waals surface area contributed by atoms with E-state index in [1.165, 1.54) is 5.56 Å². The monoisotopic (exact) mass is 548 g/mol. The third-order valence-electron chi connectivity index (χ3n) is 7.77. The summed E-state index contributed by atoms with van der Waals surface area (Å²) in [5.74, 6) is 2.18. The van der Waals surface area contributed by atoms with E-state index in [-0.39, 0.29) is 17.6 Å². The van der Waals surface area contributed by atoms with Gasteiger partial charge < -0.3 is 29.5 Å². The number of carbonyl (C=O) groups excluding carboxylic acids is 1. The molecule has 0 radical (unpaired) electrons. The molecular formula is C33H44N2O5. The zero-order valence-electron chi connectivity index (χ0n) is 24.9. The number of rotatable bonds is 14. The van der Waals surface area contributed by atoms with Crippen LogP contribution in [0.5, 0.6) is 23.0 Å². The number of carbonyl (C=O) groups is 1.